The van der Waals surface area contributed by atoms with Crippen molar-refractivity contribution in [2.75, 3.05) is 0 Å². The second-order valence-corrected chi connectivity index (χ2v) is 17.6. The third kappa shape index (κ3) is 6.88. The van der Waals surface area contributed by atoms with Gasteiger partial charge in [-0.05, 0) is 105 Å². The minimum Gasteiger partial charge on any atom is -0.309 e. The van der Waals surface area contributed by atoms with Crippen LogP contribution in [0.1, 0.15) is 0 Å². The van der Waals surface area contributed by atoms with E-state index in [1.54, 1.807) is 0 Å². The van der Waals surface area contributed by atoms with Crippen molar-refractivity contribution in [3.63, 3.8) is 0 Å². The average Bonchev–Trinajstić information content (AvgIpc) is 3.94. The van der Waals surface area contributed by atoms with E-state index >= 15 is 0 Å². The molecule has 3 nitrogen and oxygen atoms in total. The van der Waals surface area contributed by atoms with E-state index in [0.717, 1.165) is 56.1 Å². The van der Waals surface area contributed by atoms with Gasteiger partial charge in [0.15, 0.2) is 0 Å². The Bertz CT molecular complexity index is 3920. The highest BCUT2D eigenvalue weighted by molar-refractivity contribution is 6.12. The predicted molar refractivity (Wildman–Crippen MR) is 286 cm³/mol. The third-order valence-corrected chi connectivity index (χ3v) is 13.5. The molecule has 0 spiro atoms. The molecule has 0 radical (unpaired) electrons. The molecule has 0 saturated carbocycles. The van der Waals surface area contributed by atoms with Crippen molar-refractivity contribution in [2.24, 2.45) is 0 Å². The van der Waals surface area contributed by atoms with Crippen LogP contribution in [0.15, 0.2) is 261 Å². The van der Waals surface area contributed by atoms with E-state index in [4.69, 9.17) is 4.98 Å². The maximum Gasteiger partial charge on any atom is 0.0716 e. The van der Waals surface area contributed by atoms with Crippen LogP contribution in [0, 0.1) is 0 Å². The monoisotopic (exact) mass is 865 g/mol. The molecular weight excluding hydrogens is 823 g/mol. The molecule has 68 heavy (non-hydrogen) atoms. The second kappa shape index (κ2) is 16.4. The van der Waals surface area contributed by atoms with E-state index in [-0.39, 0.29) is 0 Å². The summed E-state index contributed by atoms with van der Waals surface area (Å²) in [5.74, 6) is 0. The molecule has 0 atom stereocenters. The zero-order valence-electron chi connectivity index (χ0n) is 37.2. The van der Waals surface area contributed by atoms with E-state index < -0.39 is 0 Å². The molecule has 0 fully saturated rings. The number of rotatable bonds is 8. The lowest BCUT2D eigenvalue weighted by atomic mass is 10.00. The molecule has 3 aromatic heterocycles. The van der Waals surface area contributed by atoms with Gasteiger partial charge in [-0.25, -0.2) is 4.98 Å². The van der Waals surface area contributed by atoms with E-state index in [0.29, 0.717) is 0 Å². The minimum absolute atomic E-state index is 0.935. The van der Waals surface area contributed by atoms with Crippen molar-refractivity contribution in [1.29, 1.82) is 0 Å². The Hall–Kier alpha value is -9.05. The van der Waals surface area contributed by atoms with E-state index in [1.165, 1.54) is 65.9 Å². The van der Waals surface area contributed by atoms with Crippen LogP contribution in [0.2, 0.25) is 0 Å². The molecule has 0 bridgehead atoms. The number of hydrogen-bond acceptors (Lipinski definition) is 1. The Morgan fingerprint density at radius 3 is 1.13 bits per heavy atom. The van der Waals surface area contributed by atoms with Gasteiger partial charge in [-0.1, -0.05) is 200 Å². The van der Waals surface area contributed by atoms with E-state index in [1.807, 2.05) is 0 Å². The summed E-state index contributed by atoms with van der Waals surface area (Å²) < 4.78 is 4.84. The van der Waals surface area contributed by atoms with Crippen LogP contribution in [0.4, 0.5) is 0 Å². The Labute approximate surface area is 395 Å². The van der Waals surface area contributed by atoms with Crippen LogP contribution in [0.5, 0.6) is 0 Å². The highest BCUT2D eigenvalue weighted by Crippen LogP contribution is 2.40. The SMILES string of the molecule is c1ccc(-c2ccc(-c3ccc(-n4c5ccccc5c5ccc(-c6ccc7c8ccccc8n(-c8cccc(-c9cc(-c%10ccccc%10)cc(-c%10ccccc%10)n9)c8)c7c6)cc54)cc3)cc2)cc1. The fourth-order valence-electron chi connectivity index (χ4n) is 10.2. The van der Waals surface area contributed by atoms with Gasteiger partial charge in [0.25, 0.3) is 0 Å². The number of para-hydroxylation sites is 2. The van der Waals surface area contributed by atoms with Gasteiger partial charge in [0.05, 0.1) is 33.5 Å². The van der Waals surface area contributed by atoms with Crippen LogP contribution < -0.4 is 0 Å². The quantitative estimate of drug-likeness (QED) is 0.149. The fraction of sp³-hybridized carbons (Fsp3) is 0. The highest BCUT2D eigenvalue weighted by Gasteiger charge is 2.18. The molecule has 3 heterocycles. The summed E-state index contributed by atoms with van der Waals surface area (Å²) in [6.45, 7) is 0. The zero-order chi connectivity index (χ0) is 45.0. The molecule has 0 aliphatic carbocycles. The molecular formula is C65H43N3. The topological polar surface area (TPSA) is 22.8 Å². The summed E-state index contributed by atoms with van der Waals surface area (Å²) in [5.41, 5.74) is 20.4. The lowest BCUT2D eigenvalue weighted by Crippen LogP contribution is -1.96. The highest BCUT2D eigenvalue weighted by atomic mass is 15.0. The van der Waals surface area contributed by atoms with Gasteiger partial charge in [-0.15, -0.1) is 0 Å². The average molecular weight is 866 g/mol. The van der Waals surface area contributed by atoms with E-state index in [9.17, 15) is 0 Å². The molecule has 318 valence electrons. The normalized spacial score (nSPS) is 11.5. The van der Waals surface area contributed by atoms with Crippen molar-refractivity contribution >= 4 is 43.6 Å². The molecule has 0 N–H and O–H groups in total. The molecule has 0 amide bonds. The van der Waals surface area contributed by atoms with Gasteiger partial charge in [0, 0.05) is 44.0 Å². The van der Waals surface area contributed by atoms with Gasteiger partial charge in [-0.3, -0.25) is 0 Å². The maximum absolute atomic E-state index is 5.29. The van der Waals surface area contributed by atoms with Crippen molar-refractivity contribution < 1.29 is 0 Å². The molecule has 10 aromatic carbocycles. The van der Waals surface area contributed by atoms with Crippen molar-refractivity contribution in [1.82, 2.24) is 14.1 Å². The number of benzene rings is 10. The van der Waals surface area contributed by atoms with Crippen LogP contribution in [-0.2, 0) is 0 Å². The van der Waals surface area contributed by atoms with Crippen LogP contribution in [-0.4, -0.2) is 14.1 Å². The lowest BCUT2D eigenvalue weighted by Gasteiger charge is -2.13. The second-order valence-electron chi connectivity index (χ2n) is 17.6. The summed E-state index contributed by atoms with van der Waals surface area (Å²) in [5, 5.41) is 4.92. The minimum atomic E-state index is 0.935. The maximum atomic E-state index is 5.29. The van der Waals surface area contributed by atoms with Crippen LogP contribution in [0.25, 0.3) is 122 Å². The largest absolute Gasteiger partial charge is 0.309 e. The number of hydrogen-bond donors (Lipinski definition) is 0. The molecule has 0 aliphatic rings. The van der Waals surface area contributed by atoms with Gasteiger partial charge < -0.3 is 9.13 Å². The molecule has 13 aromatic rings. The van der Waals surface area contributed by atoms with Gasteiger partial charge >= 0.3 is 0 Å². The predicted octanol–water partition coefficient (Wildman–Crippen LogP) is 17.3. The first-order valence-electron chi connectivity index (χ1n) is 23.3. The molecule has 0 saturated heterocycles. The van der Waals surface area contributed by atoms with Gasteiger partial charge in [-0.2, -0.15) is 0 Å². The van der Waals surface area contributed by atoms with Crippen molar-refractivity contribution in [2.45, 2.75) is 0 Å². The first-order chi connectivity index (χ1) is 33.7. The first-order valence-corrected chi connectivity index (χ1v) is 23.3. The summed E-state index contributed by atoms with van der Waals surface area (Å²) in [4.78, 5) is 5.29. The summed E-state index contributed by atoms with van der Waals surface area (Å²) >= 11 is 0. The number of aromatic nitrogens is 3. The third-order valence-electron chi connectivity index (χ3n) is 13.5. The Kier molecular flexibility index (Phi) is 9.50. The molecule has 13 rings (SSSR count). The lowest BCUT2D eigenvalue weighted by molar-refractivity contribution is 1.18. The van der Waals surface area contributed by atoms with Crippen molar-refractivity contribution in [3.8, 4) is 78.4 Å². The number of nitrogens with zero attached hydrogens (tertiary/aromatic N) is 3. The summed E-state index contributed by atoms with van der Waals surface area (Å²) in [6, 6.07) is 94.2. The molecule has 3 heteroatoms. The van der Waals surface area contributed by atoms with Crippen molar-refractivity contribution in [3.05, 3.63) is 261 Å². The smallest absolute Gasteiger partial charge is 0.0716 e. The number of pyridine rings is 1. The van der Waals surface area contributed by atoms with Gasteiger partial charge in [0.2, 0.25) is 0 Å². The summed E-state index contributed by atoms with van der Waals surface area (Å²) in [6.07, 6.45) is 0. The Morgan fingerprint density at radius 1 is 0.206 bits per heavy atom. The fourth-order valence-corrected chi connectivity index (χ4v) is 10.2. The first kappa shape index (κ1) is 39.3. The standard InChI is InChI=1S/C65H43N3/c1-4-15-44(16-5-1)46-27-29-47(30-28-46)48-31-35-54(36-32-48)67-62-25-12-10-23-56(62)58-37-33-50(42-64(58)67)51-34-38-59-57-24-11-13-26-63(57)68(65(59)43-51)55-22-14-21-52(39-55)61-41-53(45-17-6-2-7-18-45)40-60(66-61)49-19-8-3-9-20-49/h1-43H. The summed E-state index contributed by atoms with van der Waals surface area (Å²) in [7, 11) is 0. The van der Waals surface area contributed by atoms with E-state index in [2.05, 4.69) is 270 Å². The molecule has 0 unspecified atom stereocenters. The Morgan fingerprint density at radius 2 is 0.588 bits per heavy atom. The number of fused-ring (bicyclic) bond motifs is 6. The Balaban J connectivity index is 0.910. The molecule has 0 aliphatic heterocycles. The van der Waals surface area contributed by atoms with Crippen LogP contribution in [0.3, 0.4) is 0 Å². The zero-order valence-corrected chi connectivity index (χ0v) is 37.2. The van der Waals surface area contributed by atoms with Gasteiger partial charge in [0.1, 0.15) is 0 Å². The van der Waals surface area contributed by atoms with Crippen LogP contribution >= 0.6 is 0 Å².